The molecule has 32 heavy (non-hydrogen) atoms. The largest absolute Gasteiger partial charge is 0.439 e. The van der Waals surface area contributed by atoms with Gasteiger partial charge in [-0.05, 0) is 77.3 Å². The lowest BCUT2D eigenvalue weighted by Gasteiger charge is -2.21. The summed E-state index contributed by atoms with van der Waals surface area (Å²) in [5, 5.41) is 0. The van der Waals surface area contributed by atoms with Gasteiger partial charge in [0.15, 0.2) is 5.75 Å². The lowest BCUT2D eigenvalue weighted by Crippen LogP contribution is -2.41. The third-order valence-corrected chi connectivity index (χ3v) is 5.85. The molecule has 0 saturated heterocycles. The van der Waals surface area contributed by atoms with E-state index in [2.05, 4.69) is 116 Å². The SMILES string of the molecule is Cc1ccc2c(c1)N(C)C(=Cc1cc[n+](C)c(N(CCCN(C)C)CCCN(C)C)c1)O2. The van der Waals surface area contributed by atoms with Gasteiger partial charge in [-0.15, -0.1) is 0 Å². The minimum Gasteiger partial charge on any atom is -0.439 e. The van der Waals surface area contributed by atoms with E-state index in [1.54, 1.807) is 0 Å². The molecule has 1 aromatic carbocycles. The Hall–Kier alpha value is -2.57. The molecule has 2 aromatic rings. The van der Waals surface area contributed by atoms with E-state index < -0.39 is 0 Å². The van der Waals surface area contributed by atoms with Gasteiger partial charge < -0.3 is 19.4 Å². The van der Waals surface area contributed by atoms with Gasteiger partial charge in [0, 0.05) is 32.3 Å². The van der Waals surface area contributed by atoms with Crippen molar-refractivity contribution >= 4 is 17.6 Å². The van der Waals surface area contributed by atoms with Crippen molar-refractivity contribution in [3.8, 4) is 5.75 Å². The lowest BCUT2D eigenvalue weighted by atomic mass is 10.2. The average molecular weight is 439 g/mol. The van der Waals surface area contributed by atoms with Crippen LogP contribution in [0.15, 0.2) is 42.4 Å². The first-order chi connectivity index (χ1) is 15.2. The van der Waals surface area contributed by atoms with Crippen LogP contribution in [-0.2, 0) is 7.05 Å². The van der Waals surface area contributed by atoms with Gasteiger partial charge in [0.05, 0.1) is 32.0 Å². The summed E-state index contributed by atoms with van der Waals surface area (Å²) in [7, 11) is 12.8. The van der Waals surface area contributed by atoms with Crippen molar-refractivity contribution in [3.63, 3.8) is 0 Å². The maximum absolute atomic E-state index is 6.15. The smallest absolute Gasteiger partial charge is 0.276 e. The van der Waals surface area contributed by atoms with E-state index in [-0.39, 0.29) is 0 Å². The monoisotopic (exact) mass is 438 g/mol. The first-order valence-electron chi connectivity index (χ1n) is 11.5. The number of hydrogen-bond acceptors (Lipinski definition) is 5. The Morgan fingerprint density at radius 3 is 2.22 bits per heavy atom. The first kappa shape index (κ1) is 24.1. The number of nitrogens with zero attached hydrogens (tertiary/aromatic N) is 5. The number of fused-ring (bicyclic) bond motifs is 1. The van der Waals surface area contributed by atoms with Gasteiger partial charge in [-0.25, -0.2) is 4.57 Å². The van der Waals surface area contributed by atoms with Crippen molar-refractivity contribution in [2.24, 2.45) is 7.05 Å². The van der Waals surface area contributed by atoms with Crippen LogP contribution in [0.4, 0.5) is 11.5 Å². The molecule has 6 nitrogen and oxygen atoms in total. The molecule has 0 N–H and O–H groups in total. The second kappa shape index (κ2) is 10.8. The molecule has 0 fully saturated rings. The Balaban J connectivity index is 1.82. The number of anilines is 2. The van der Waals surface area contributed by atoms with E-state index in [9.17, 15) is 0 Å². The Bertz CT molecular complexity index is 924. The molecule has 174 valence electrons. The summed E-state index contributed by atoms with van der Waals surface area (Å²) in [4.78, 5) is 9.16. The van der Waals surface area contributed by atoms with Gasteiger partial charge in [0.2, 0.25) is 5.88 Å². The van der Waals surface area contributed by atoms with Gasteiger partial charge in [-0.3, -0.25) is 4.90 Å². The fourth-order valence-electron chi connectivity index (χ4n) is 4.02. The van der Waals surface area contributed by atoms with E-state index in [0.717, 1.165) is 61.9 Å². The van der Waals surface area contributed by atoms with Crippen LogP contribution in [0.1, 0.15) is 24.0 Å². The van der Waals surface area contributed by atoms with Crippen LogP contribution in [0.2, 0.25) is 0 Å². The number of rotatable bonds is 10. The Kier molecular flexibility index (Phi) is 8.15. The lowest BCUT2D eigenvalue weighted by molar-refractivity contribution is -0.659. The second-order valence-electron chi connectivity index (χ2n) is 9.34. The fourth-order valence-corrected chi connectivity index (χ4v) is 4.02. The summed E-state index contributed by atoms with van der Waals surface area (Å²) >= 11 is 0. The van der Waals surface area contributed by atoms with Crippen molar-refractivity contribution in [1.82, 2.24) is 9.80 Å². The van der Waals surface area contributed by atoms with E-state index in [1.165, 1.54) is 11.4 Å². The van der Waals surface area contributed by atoms with E-state index in [1.807, 2.05) is 0 Å². The first-order valence-corrected chi connectivity index (χ1v) is 11.5. The molecule has 3 rings (SSSR count). The van der Waals surface area contributed by atoms with Crippen LogP contribution in [0.25, 0.3) is 6.08 Å². The molecule has 0 bridgehead atoms. The van der Waals surface area contributed by atoms with Gasteiger partial charge >= 0.3 is 0 Å². The summed E-state index contributed by atoms with van der Waals surface area (Å²) < 4.78 is 8.37. The number of pyridine rings is 1. The van der Waals surface area contributed by atoms with Gasteiger partial charge in [0.25, 0.3) is 5.82 Å². The predicted octanol–water partition coefficient (Wildman–Crippen LogP) is 3.36. The van der Waals surface area contributed by atoms with Crippen molar-refractivity contribution in [1.29, 1.82) is 0 Å². The van der Waals surface area contributed by atoms with Crippen LogP contribution in [-0.4, -0.2) is 71.2 Å². The number of aromatic nitrogens is 1. The highest BCUT2D eigenvalue weighted by Gasteiger charge is 2.24. The van der Waals surface area contributed by atoms with Crippen LogP contribution >= 0.6 is 0 Å². The summed E-state index contributed by atoms with van der Waals surface area (Å²) in [6.07, 6.45) is 6.57. The quantitative estimate of drug-likeness (QED) is 0.530. The molecule has 1 aromatic heterocycles. The summed E-state index contributed by atoms with van der Waals surface area (Å²) in [6, 6.07) is 10.7. The number of ether oxygens (including phenoxy) is 1. The molecule has 0 atom stereocenters. The van der Waals surface area contributed by atoms with Crippen LogP contribution < -0.4 is 19.1 Å². The van der Waals surface area contributed by atoms with Crippen molar-refractivity contribution in [2.75, 3.05) is 71.2 Å². The zero-order valence-electron chi connectivity index (χ0n) is 20.9. The van der Waals surface area contributed by atoms with Crippen molar-refractivity contribution in [2.45, 2.75) is 19.8 Å². The summed E-state index contributed by atoms with van der Waals surface area (Å²) in [5.41, 5.74) is 3.50. The highest BCUT2D eigenvalue weighted by molar-refractivity contribution is 5.71. The van der Waals surface area contributed by atoms with E-state index in [4.69, 9.17) is 4.74 Å². The molecule has 0 unspecified atom stereocenters. The molecule has 0 saturated carbocycles. The third kappa shape index (κ3) is 6.24. The normalized spacial score (nSPS) is 14.4. The highest BCUT2D eigenvalue weighted by Crippen LogP contribution is 2.39. The maximum Gasteiger partial charge on any atom is 0.276 e. The topological polar surface area (TPSA) is 26.1 Å². The van der Waals surface area contributed by atoms with Crippen LogP contribution in [0.3, 0.4) is 0 Å². The van der Waals surface area contributed by atoms with Gasteiger partial charge in [0.1, 0.15) is 0 Å². The van der Waals surface area contributed by atoms with Gasteiger partial charge in [-0.2, -0.15) is 0 Å². The van der Waals surface area contributed by atoms with E-state index >= 15 is 0 Å². The van der Waals surface area contributed by atoms with Crippen molar-refractivity contribution < 1.29 is 9.30 Å². The third-order valence-electron chi connectivity index (χ3n) is 5.85. The molecule has 6 heteroatoms. The maximum atomic E-state index is 6.15. The minimum atomic E-state index is 0.858. The second-order valence-corrected chi connectivity index (χ2v) is 9.34. The Morgan fingerprint density at radius 1 is 0.938 bits per heavy atom. The molecule has 0 spiro atoms. The Morgan fingerprint density at radius 2 is 1.59 bits per heavy atom. The minimum absolute atomic E-state index is 0.858. The molecule has 1 aliphatic heterocycles. The fraction of sp³-hybridized carbons (Fsp3) is 0.500. The van der Waals surface area contributed by atoms with Crippen LogP contribution in [0, 0.1) is 6.92 Å². The zero-order valence-corrected chi connectivity index (χ0v) is 20.9. The molecule has 0 aliphatic carbocycles. The number of benzene rings is 1. The van der Waals surface area contributed by atoms with E-state index in [0.29, 0.717) is 0 Å². The molecular weight excluding hydrogens is 398 g/mol. The average Bonchev–Trinajstić information content (AvgIpc) is 3.03. The molecule has 1 aliphatic rings. The van der Waals surface area contributed by atoms with Crippen LogP contribution in [0.5, 0.6) is 5.75 Å². The number of aryl methyl sites for hydroxylation is 2. The molecule has 2 heterocycles. The molecule has 0 amide bonds. The molecule has 0 radical (unpaired) electrons. The highest BCUT2D eigenvalue weighted by atomic mass is 16.5. The van der Waals surface area contributed by atoms with Gasteiger partial charge in [-0.1, -0.05) is 6.07 Å². The number of hydrogen-bond donors (Lipinski definition) is 0. The standard InChI is InChI=1S/C26H40N5O/c1-21-10-11-24-23(18-21)30(7)26(32-24)20-22-12-17-29(6)25(19-22)31(15-8-13-27(2)3)16-9-14-28(4)5/h10-12,17-20H,8-9,13-16H2,1-7H3/q+1. The zero-order chi connectivity index (χ0) is 23.3. The summed E-state index contributed by atoms with van der Waals surface area (Å²) in [6.45, 7) is 6.38. The predicted molar refractivity (Wildman–Crippen MR) is 134 cm³/mol. The summed E-state index contributed by atoms with van der Waals surface area (Å²) in [5.74, 6) is 3.02. The Labute approximate surface area is 194 Å². The van der Waals surface area contributed by atoms with Crippen molar-refractivity contribution in [3.05, 3.63) is 53.5 Å². The molecular formula is C26H40N5O+.